The number of rotatable bonds is 6. The number of amides is 1. The van der Waals surface area contributed by atoms with E-state index in [9.17, 15) is 19.5 Å². The molecule has 0 saturated heterocycles. The zero-order chi connectivity index (χ0) is 23.7. The van der Waals surface area contributed by atoms with Gasteiger partial charge in [0.2, 0.25) is 5.91 Å². The van der Waals surface area contributed by atoms with Crippen LogP contribution in [-0.2, 0) is 4.79 Å². The Labute approximate surface area is 197 Å². The Kier molecular flexibility index (Phi) is 6.35. The van der Waals surface area contributed by atoms with Crippen molar-refractivity contribution in [1.82, 2.24) is 9.97 Å². The van der Waals surface area contributed by atoms with Crippen molar-refractivity contribution in [1.29, 1.82) is 0 Å². The van der Waals surface area contributed by atoms with Crippen LogP contribution in [0.5, 0.6) is 5.75 Å². The van der Waals surface area contributed by atoms with Crippen LogP contribution in [0, 0.1) is 13.8 Å². The summed E-state index contributed by atoms with van der Waals surface area (Å²) in [5, 5.41) is 14.7. The Morgan fingerprint density at radius 3 is 2.73 bits per heavy atom. The van der Waals surface area contributed by atoms with Crippen LogP contribution in [0.25, 0.3) is 21.3 Å². The molecule has 4 aromatic rings. The number of aryl methyl sites for hydroxylation is 2. The number of thioether (sulfide) groups is 1. The van der Waals surface area contributed by atoms with Gasteiger partial charge in [-0.05, 0) is 50.1 Å². The van der Waals surface area contributed by atoms with Gasteiger partial charge in [-0.1, -0.05) is 35.5 Å². The van der Waals surface area contributed by atoms with Crippen molar-refractivity contribution in [3.8, 4) is 16.9 Å². The van der Waals surface area contributed by atoms with Crippen LogP contribution in [0.15, 0.2) is 51.7 Å². The summed E-state index contributed by atoms with van der Waals surface area (Å²) in [5.74, 6) is -0.542. The monoisotopic (exact) mass is 479 g/mol. The number of carbonyl (C=O) groups excluding carboxylic acids is 2. The van der Waals surface area contributed by atoms with Crippen molar-refractivity contribution in [3.63, 3.8) is 0 Å². The quantitative estimate of drug-likeness (QED) is 0.157. The number of aromatic hydroxyl groups is 1. The van der Waals surface area contributed by atoms with Gasteiger partial charge in [-0.15, -0.1) is 11.3 Å². The SMILES string of the molecule is Cc1ccc(-c2csc3nc(SC(C)C(=O)Nc4cc(C=O)ccc4O)[nH]c(=O)c23)c(C)c1. The summed E-state index contributed by atoms with van der Waals surface area (Å²) in [6.07, 6.45) is 0.629. The molecule has 2 aromatic heterocycles. The van der Waals surface area contributed by atoms with Crippen LogP contribution in [0.4, 0.5) is 5.69 Å². The van der Waals surface area contributed by atoms with E-state index in [2.05, 4.69) is 21.4 Å². The van der Waals surface area contributed by atoms with Gasteiger partial charge in [0.25, 0.3) is 5.56 Å². The summed E-state index contributed by atoms with van der Waals surface area (Å²) in [5.41, 5.74) is 4.28. The lowest BCUT2D eigenvalue weighted by Crippen LogP contribution is -2.23. The summed E-state index contributed by atoms with van der Waals surface area (Å²) in [6, 6.07) is 10.3. The third-order valence-electron chi connectivity index (χ3n) is 5.17. The topological polar surface area (TPSA) is 112 Å². The van der Waals surface area contributed by atoms with Gasteiger partial charge in [0.1, 0.15) is 16.9 Å². The average molecular weight is 480 g/mol. The first-order chi connectivity index (χ1) is 15.8. The van der Waals surface area contributed by atoms with Crippen LogP contribution in [-0.4, -0.2) is 32.5 Å². The fourth-order valence-electron chi connectivity index (χ4n) is 3.48. The predicted molar refractivity (Wildman–Crippen MR) is 133 cm³/mol. The fraction of sp³-hybridized carbons (Fsp3) is 0.167. The van der Waals surface area contributed by atoms with E-state index >= 15 is 0 Å². The van der Waals surface area contributed by atoms with Crippen molar-refractivity contribution in [2.75, 3.05) is 5.32 Å². The number of hydrogen-bond acceptors (Lipinski definition) is 7. The molecule has 4 rings (SSSR count). The van der Waals surface area contributed by atoms with Crippen LogP contribution < -0.4 is 10.9 Å². The molecule has 0 fully saturated rings. The Bertz CT molecular complexity index is 1440. The first kappa shape index (κ1) is 22.8. The average Bonchev–Trinajstić information content (AvgIpc) is 3.19. The molecule has 0 aliphatic carbocycles. The molecule has 0 spiro atoms. The number of aromatic nitrogens is 2. The van der Waals surface area contributed by atoms with Crippen molar-refractivity contribution >= 4 is 51.2 Å². The number of H-pyrrole nitrogens is 1. The maximum atomic E-state index is 12.9. The number of nitrogens with one attached hydrogen (secondary N) is 2. The fourth-order valence-corrected chi connectivity index (χ4v) is 5.27. The maximum absolute atomic E-state index is 12.9. The summed E-state index contributed by atoms with van der Waals surface area (Å²) < 4.78 is 0. The van der Waals surface area contributed by atoms with E-state index in [0.29, 0.717) is 27.2 Å². The van der Waals surface area contributed by atoms with Crippen molar-refractivity contribution in [2.45, 2.75) is 31.2 Å². The molecule has 3 N–H and O–H groups in total. The number of fused-ring (bicyclic) bond motifs is 1. The Morgan fingerprint density at radius 2 is 2.00 bits per heavy atom. The molecule has 2 heterocycles. The third-order valence-corrected chi connectivity index (χ3v) is 7.02. The molecule has 1 unspecified atom stereocenters. The zero-order valence-corrected chi connectivity index (χ0v) is 19.8. The van der Waals surface area contributed by atoms with Gasteiger partial charge in [-0.25, -0.2) is 4.98 Å². The second-order valence-electron chi connectivity index (χ2n) is 7.66. The van der Waals surface area contributed by atoms with Crippen LogP contribution in [0.1, 0.15) is 28.4 Å². The maximum Gasteiger partial charge on any atom is 0.260 e. The number of nitrogens with zero attached hydrogens (tertiary/aromatic N) is 1. The lowest BCUT2D eigenvalue weighted by molar-refractivity contribution is -0.115. The van der Waals surface area contributed by atoms with Gasteiger partial charge in [-0.3, -0.25) is 14.4 Å². The first-order valence-electron chi connectivity index (χ1n) is 10.1. The number of phenols is 1. The van der Waals surface area contributed by atoms with Crippen molar-refractivity contribution < 1.29 is 14.7 Å². The van der Waals surface area contributed by atoms with E-state index in [0.717, 1.165) is 34.0 Å². The predicted octanol–water partition coefficient (Wildman–Crippen LogP) is 4.91. The second kappa shape index (κ2) is 9.21. The molecule has 168 valence electrons. The van der Waals surface area contributed by atoms with Crippen LogP contribution in [0.3, 0.4) is 0 Å². The smallest absolute Gasteiger partial charge is 0.260 e. The third kappa shape index (κ3) is 4.69. The highest BCUT2D eigenvalue weighted by atomic mass is 32.2. The Hall–Kier alpha value is -3.43. The molecule has 1 amide bonds. The molecule has 33 heavy (non-hydrogen) atoms. The minimum atomic E-state index is -0.622. The molecular weight excluding hydrogens is 458 g/mol. The molecule has 2 aromatic carbocycles. The number of aromatic amines is 1. The highest BCUT2D eigenvalue weighted by Gasteiger charge is 2.20. The second-order valence-corrected chi connectivity index (χ2v) is 9.85. The number of benzene rings is 2. The lowest BCUT2D eigenvalue weighted by Gasteiger charge is -2.13. The molecule has 1 atom stereocenters. The first-order valence-corrected chi connectivity index (χ1v) is 11.9. The Balaban J connectivity index is 1.58. The number of anilines is 1. The highest BCUT2D eigenvalue weighted by Crippen LogP contribution is 2.34. The van der Waals surface area contributed by atoms with Crippen molar-refractivity contribution in [3.05, 3.63) is 68.8 Å². The van der Waals surface area contributed by atoms with Crippen molar-refractivity contribution in [2.24, 2.45) is 0 Å². The lowest BCUT2D eigenvalue weighted by atomic mass is 9.99. The molecule has 9 heteroatoms. The molecule has 7 nitrogen and oxygen atoms in total. The largest absolute Gasteiger partial charge is 0.506 e. The number of phenolic OH excluding ortho intramolecular Hbond substituents is 1. The molecular formula is C24H21N3O4S2. The van der Waals surface area contributed by atoms with Crippen LogP contribution >= 0.6 is 23.1 Å². The number of thiophene rings is 1. The van der Waals surface area contributed by atoms with E-state index in [1.54, 1.807) is 6.92 Å². The van der Waals surface area contributed by atoms with E-state index in [1.807, 2.05) is 31.4 Å². The van der Waals surface area contributed by atoms with E-state index < -0.39 is 11.2 Å². The highest BCUT2D eigenvalue weighted by molar-refractivity contribution is 8.00. The van der Waals surface area contributed by atoms with Gasteiger partial charge < -0.3 is 15.4 Å². The minimum Gasteiger partial charge on any atom is -0.506 e. The summed E-state index contributed by atoms with van der Waals surface area (Å²) >= 11 is 2.49. The van der Waals surface area contributed by atoms with E-state index in [1.165, 1.54) is 29.5 Å². The molecule has 0 radical (unpaired) electrons. The van der Waals surface area contributed by atoms with Crippen LogP contribution in [0.2, 0.25) is 0 Å². The summed E-state index contributed by atoms with van der Waals surface area (Å²) in [6.45, 7) is 5.71. The standard InChI is InChI=1S/C24H21N3O4S2/c1-12-4-6-16(13(2)8-12)17-11-32-23-20(17)22(31)26-24(27-23)33-14(3)21(30)25-18-9-15(10-28)5-7-19(18)29/h4-11,14,29H,1-3H3,(H,25,30)(H,26,27,31). The number of carbonyl (C=O) groups is 2. The van der Waals surface area contributed by atoms with E-state index in [4.69, 9.17) is 0 Å². The van der Waals surface area contributed by atoms with Gasteiger partial charge in [-0.2, -0.15) is 0 Å². The normalized spacial score (nSPS) is 12.0. The summed E-state index contributed by atoms with van der Waals surface area (Å²) in [7, 11) is 0. The van der Waals surface area contributed by atoms with Gasteiger partial charge in [0.15, 0.2) is 5.16 Å². The molecule has 0 saturated carbocycles. The molecule has 0 bridgehead atoms. The zero-order valence-electron chi connectivity index (χ0n) is 18.1. The van der Waals surface area contributed by atoms with Gasteiger partial charge in [0.05, 0.1) is 16.3 Å². The number of hydrogen-bond donors (Lipinski definition) is 3. The van der Waals surface area contributed by atoms with Gasteiger partial charge >= 0.3 is 0 Å². The Morgan fingerprint density at radius 1 is 1.21 bits per heavy atom. The number of aldehydes is 1. The van der Waals surface area contributed by atoms with Gasteiger partial charge in [0, 0.05) is 16.5 Å². The van der Waals surface area contributed by atoms with E-state index in [-0.39, 0.29) is 17.0 Å². The minimum absolute atomic E-state index is 0.142. The summed E-state index contributed by atoms with van der Waals surface area (Å²) in [4.78, 5) is 44.4. The molecule has 0 aliphatic rings. The molecule has 0 aliphatic heterocycles.